The van der Waals surface area contributed by atoms with Crippen LogP contribution in [0.3, 0.4) is 0 Å². The quantitative estimate of drug-likeness (QED) is 0.364. The van der Waals surface area contributed by atoms with Crippen LogP contribution in [0.1, 0.15) is 15.9 Å². The average molecular weight is 388 g/mol. The number of hydrogen-bond acceptors (Lipinski definition) is 4. The molecule has 1 amide bonds. The molecular formula is C22H16N2O5. The highest BCUT2D eigenvalue weighted by Crippen LogP contribution is 2.28. The van der Waals surface area contributed by atoms with Crippen molar-refractivity contribution in [3.05, 3.63) is 100 Å². The highest BCUT2D eigenvalue weighted by Gasteiger charge is 2.14. The van der Waals surface area contributed by atoms with Gasteiger partial charge < -0.3 is 10.4 Å². The van der Waals surface area contributed by atoms with Crippen LogP contribution in [0.4, 0.5) is 11.4 Å². The Morgan fingerprint density at radius 1 is 0.931 bits per heavy atom. The van der Waals surface area contributed by atoms with Crippen LogP contribution in [-0.2, 0) is 4.79 Å². The smallest absolute Gasteiger partial charge is 0.337 e. The van der Waals surface area contributed by atoms with Crippen LogP contribution in [0.5, 0.6) is 0 Å². The summed E-state index contributed by atoms with van der Waals surface area (Å²) in [5.41, 5.74) is 1.75. The first-order chi connectivity index (χ1) is 14.0. The molecule has 0 aromatic heterocycles. The summed E-state index contributed by atoms with van der Waals surface area (Å²) in [6, 6.07) is 20.0. The van der Waals surface area contributed by atoms with Crippen molar-refractivity contribution in [2.24, 2.45) is 0 Å². The predicted molar refractivity (Wildman–Crippen MR) is 110 cm³/mol. The molecule has 0 saturated carbocycles. The average Bonchev–Trinajstić information content (AvgIpc) is 2.73. The molecule has 7 heteroatoms. The molecule has 3 rings (SSSR count). The van der Waals surface area contributed by atoms with Crippen molar-refractivity contribution < 1.29 is 19.6 Å². The molecule has 0 aliphatic carbocycles. The number of amides is 1. The minimum atomic E-state index is -1.17. The highest BCUT2D eigenvalue weighted by atomic mass is 16.6. The molecule has 29 heavy (non-hydrogen) atoms. The summed E-state index contributed by atoms with van der Waals surface area (Å²) in [4.78, 5) is 34.3. The van der Waals surface area contributed by atoms with Crippen LogP contribution in [0.25, 0.3) is 17.2 Å². The summed E-state index contributed by atoms with van der Waals surface area (Å²) in [5.74, 6) is -1.77. The Balaban J connectivity index is 1.84. The number of carboxylic acids is 1. The molecule has 0 heterocycles. The number of nitrogens with one attached hydrogen (secondary N) is 1. The Hall–Kier alpha value is -4.26. The second-order valence-electron chi connectivity index (χ2n) is 6.07. The topological polar surface area (TPSA) is 110 Å². The number of aromatic carboxylic acids is 1. The van der Waals surface area contributed by atoms with Crippen LogP contribution in [0, 0.1) is 10.1 Å². The lowest BCUT2D eigenvalue weighted by Crippen LogP contribution is -2.11. The molecule has 144 valence electrons. The number of para-hydroxylation sites is 1. The Morgan fingerprint density at radius 2 is 1.62 bits per heavy atom. The van der Waals surface area contributed by atoms with Gasteiger partial charge in [0.1, 0.15) is 0 Å². The van der Waals surface area contributed by atoms with Crippen molar-refractivity contribution in [2.45, 2.75) is 0 Å². The second-order valence-corrected chi connectivity index (χ2v) is 6.07. The monoisotopic (exact) mass is 388 g/mol. The second kappa shape index (κ2) is 8.62. The fourth-order valence-corrected chi connectivity index (χ4v) is 2.77. The number of carbonyl (C=O) groups excluding carboxylic acids is 1. The van der Waals surface area contributed by atoms with Gasteiger partial charge in [-0.2, -0.15) is 0 Å². The normalized spacial score (nSPS) is 10.6. The number of carbonyl (C=O) groups is 2. The minimum Gasteiger partial charge on any atom is -0.478 e. The van der Waals surface area contributed by atoms with E-state index in [4.69, 9.17) is 5.11 Å². The fraction of sp³-hybridized carbons (Fsp3) is 0. The van der Waals surface area contributed by atoms with Crippen molar-refractivity contribution >= 4 is 29.3 Å². The number of carboxylic acid groups (broad SMARTS) is 1. The predicted octanol–water partition coefficient (Wildman–Crippen LogP) is 4.61. The number of benzene rings is 3. The van der Waals surface area contributed by atoms with E-state index in [1.54, 1.807) is 24.3 Å². The molecule has 0 atom stereocenters. The Kier molecular flexibility index (Phi) is 5.80. The van der Waals surface area contributed by atoms with Crippen LogP contribution < -0.4 is 5.32 Å². The van der Waals surface area contributed by atoms with Gasteiger partial charge in [-0.1, -0.05) is 48.5 Å². The first-order valence-electron chi connectivity index (χ1n) is 8.61. The van der Waals surface area contributed by atoms with Gasteiger partial charge in [-0.05, 0) is 35.4 Å². The van der Waals surface area contributed by atoms with E-state index in [9.17, 15) is 19.7 Å². The van der Waals surface area contributed by atoms with Crippen molar-refractivity contribution in [1.82, 2.24) is 0 Å². The Bertz CT molecular complexity index is 1110. The van der Waals surface area contributed by atoms with E-state index in [-0.39, 0.29) is 22.5 Å². The molecule has 0 aliphatic rings. The van der Waals surface area contributed by atoms with Crippen molar-refractivity contribution in [3.63, 3.8) is 0 Å². The first kappa shape index (κ1) is 19.5. The number of anilines is 1. The molecule has 7 nitrogen and oxygen atoms in total. The third-order valence-corrected chi connectivity index (χ3v) is 4.16. The van der Waals surface area contributed by atoms with Gasteiger partial charge in [-0.15, -0.1) is 0 Å². The molecular weight excluding hydrogens is 372 g/mol. The number of nitro groups is 1. The largest absolute Gasteiger partial charge is 0.478 e. The van der Waals surface area contributed by atoms with Gasteiger partial charge in [0.15, 0.2) is 0 Å². The zero-order chi connectivity index (χ0) is 20.8. The van der Waals surface area contributed by atoms with E-state index in [0.29, 0.717) is 5.56 Å². The minimum absolute atomic E-state index is 0.0487. The zero-order valence-electron chi connectivity index (χ0n) is 15.1. The van der Waals surface area contributed by atoms with Gasteiger partial charge in [0.2, 0.25) is 5.91 Å². The molecule has 0 spiro atoms. The lowest BCUT2D eigenvalue weighted by Gasteiger charge is -2.06. The van der Waals surface area contributed by atoms with Gasteiger partial charge in [-0.3, -0.25) is 14.9 Å². The maximum Gasteiger partial charge on any atom is 0.337 e. The maximum atomic E-state index is 12.2. The third-order valence-electron chi connectivity index (χ3n) is 4.16. The number of rotatable bonds is 6. The van der Waals surface area contributed by atoms with E-state index in [0.717, 1.165) is 11.6 Å². The lowest BCUT2D eigenvalue weighted by molar-refractivity contribution is -0.385. The number of nitrogens with zero attached hydrogens (tertiary/aromatic N) is 1. The van der Waals surface area contributed by atoms with Gasteiger partial charge in [-0.25, -0.2) is 4.79 Å². The molecule has 0 unspecified atom stereocenters. The van der Waals surface area contributed by atoms with Crippen molar-refractivity contribution in [1.29, 1.82) is 0 Å². The van der Waals surface area contributed by atoms with Crippen LogP contribution >= 0.6 is 0 Å². The molecule has 3 aromatic carbocycles. The van der Waals surface area contributed by atoms with Gasteiger partial charge >= 0.3 is 5.97 Å². The molecule has 0 radical (unpaired) electrons. The lowest BCUT2D eigenvalue weighted by atomic mass is 10.0. The first-order valence-corrected chi connectivity index (χ1v) is 8.61. The molecule has 0 fully saturated rings. The molecule has 0 aliphatic heterocycles. The summed E-state index contributed by atoms with van der Waals surface area (Å²) in [7, 11) is 0. The van der Waals surface area contributed by atoms with Crippen LogP contribution in [-0.4, -0.2) is 21.9 Å². The molecule has 0 bridgehead atoms. The van der Waals surface area contributed by atoms with E-state index in [2.05, 4.69) is 5.32 Å². The molecule has 2 N–H and O–H groups in total. The maximum absolute atomic E-state index is 12.2. The summed E-state index contributed by atoms with van der Waals surface area (Å²) in [6.07, 6.45) is 2.45. The summed E-state index contributed by atoms with van der Waals surface area (Å²) >= 11 is 0. The standard InChI is InChI=1S/C22H16N2O5/c25-21(23-19-9-5-4-8-18(19)22(26)27)13-12-16-10-11-17(14-20(16)24(28)29)15-6-2-1-3-7-15/h1-14H,(H,23,25)(H,26,27). The molecule has 0 saturated heterocycles. The zero-order valence-corrected chi connectivity index (χ0v) is 15.1. The van der Waals surface area contributed by atoms with E-state index in [1.165, 1.54) is 24.3 Å². The van der Waals surface area contributed by atoms with Crippen molar-refractivity contribution in [3.8, 4) is 11.1 Å². The SMILES string of the molecule is O=C(C=Cc1ccc(-c2ccccc2)cc1[N+](=O)[O-])Nc1ccccc1C(=O)O. The highest BCUT2D eigenvalue weighted by molar-refractivity contribution is 6.06. The van der Waals surface area contributed by atoms with E-state index >= 15 is 0 Å². The third kappa shape index (κ3) is 4.72. The number of hydrogen-bond donors (Lipinski definition) is 2. The van der Waals surface area contributed by atoms with Gasteiger partial charge in [0.25, 0.3) is 5.69 Å². The van der Waals surface area contributed by atoms with Crippen molar-refractivity contribution in [2.75, 3.05) is 5.32 Å². The van der Waals surface area contributed by atoms with Crippen LogP contribution in [0.2, 0.25) is 0 Å². The Labute approximate surface area is 166 Å². The van der Waals surface area contributed by atoms with Crippen LogP contribution in [0.15, 0.2) is 78.9 Å². The van der Waals surface area contributed by atoms with Gasteiger partial charge in [0, 0.05) is 12.1 Å². The molecule has 3 aromatic rings. The van der Waals surface area contributed by atoms with Gasteiger partial charge in [0.05, 0.1) is 21.7 Å². The fourth-order valence-electron chi connectivity index (χ4n) is 2.77. The van der Waals surface area contributed by atoms with E-state index < -0.39 is 16.8 Å². The Morgan fingerprint density at radius 3 is 2.31 bits per heavy atom. The summed E-state index contributed by atoms with van der Waals surface area (Å²) in [6.45, 7) is 0. The summed E-state index contributed by atoms with van der Waals surface area (Å²) < 4.78 is 0. The number of nitro benzene ring substituents is 1. The summed E-state index contributed by atoms with van der Waals surface area (Å²) in [5, 5.41) is 23.1. The van der Waals surface area contributed by atoms with E-state index in [1.807, 2.05) is 30.3 Å².